The molecule has 0 saturated carbocycles. The van der Waals surface area contributed by atoms with E-state index in [4.69, 9.17) is 14.6 Å². The fraction of sp³-hybridized carbons (Fsp3) is 0.429. The van der Waals surface area contributed by atoms with Gasteiger partial charge in [0.1, 0.15) is 12.4 Å². The molecule has 1 fully saturated rings. The summed E-state index contributed by atoms with van der Waals surface area (Å²) in [6.45, 7) is 1.74. The molecule has 6 heteroatoms. The SMILES string of the molecule is CC(=O)Nc1cccc(OCC2CCC(C(=O)O)O2)c1. The van der Waals surface area contributed by atoms with E-state index in [-0.39, 0.29) is 12.0 Å². The Morgan fingerprint density at radius 1 is 1.45 bits per heavy atom. The fourth-order valence-corrected chi connectivity index (χ4v) is 2.07. The van der Waals surface area contributed by atoms with Crippen LogP contribution < -0.4 is 10.1 Å². The van der Waals surface area contributed by atoms with Crippen molar-refractivity contribution < 1.29 is 24.2 Å². The van der Waals surface area contributed by atoms with Crippen molar-refractivity contribution in [3.05, 3.63) is 24.3 Å². The summed E-state index contributed by atoms with van der Waals surface area (Å²) in [6, 6.07) is 7.02. The molecule has 1 saturated heterocycles. The van der Waals surface area contributed by atoms with Gasteiger partial charge in [-0.15, -0.1) is 0 Å². The number of carboxylic acids is 1. The lowest BCUT2D eigenvalue weighted by Gasteiger charge is -2.13. The topological polar surface area (TPSA) is 84.9 Å². The molecule has 0 radical (unpaired) electrons. The lowest BCUT2D eigenvalue weighted by atomic mass is 10.2. The first-order valence-electron chi connectivity index (χ1n) is 6.43. The molecule has 0 aromatic heterocycles. The van der Waals surface area contributed by atoms with Crippen LogP contribution in [0.2, 0.25) is 0 Å². The van der Waals surface area contributed by atoms with Gasteiger partial charge in [0.15, 0.2) is 6.10 Å². The number of anilines is 1. The molecule has 0 aliphatic carbocycles. The van der Waals surface area contributed by atoms with Gasteiger partial charge >= 0.3 is 5.97 Å². The zero-order chi connectivity index (χ0) is 14.5. The quantitative estimate of drug-likeness (QED) is 0.856. The van der Waals surface area contributed by atoms with Crippen molar-refractivity contribution in [2.75, 3.05) is 11.9 Å². The Balaban J connectivity index is 1.85. The van der Waals surface area contributed by atoms with Gasteiger partial charge in [0, 0.05) is 18.7 Å². The number of carbonyl (C=O) groups is 2. The Morgan fingerprint density at radius 3 is 2.90 bits per heavy atom. The molecule has 20 heavy (non-hydrogen) atoms. The molecule has 2 unspecified atom stereocenters. The van der Waals surface area contributed by atoms with E-state index >= 15 is 0 Å². The predicted octanol–water partition coefficient (Wildman–Crippen LogP) is 1.66. The molecule has 1 amide bonds. The van der Waals surface area contributed by atoms with Crippen LogP contribution >= 0.6 is 0 Å². The zero-order valence-electron chi connectivity index (χ0n) is 11.2. The summed E-state index contributed by atoms with van der Waals surface area (Å²) >= 11 is 0. The molecule has 2 N–H and O–H groups in total. The molecule has 0 spiro atoms. The van der Waals surface area contributed by atoms with Crippen molar-refractivity contribution in [3.63, 3.8) is 0 Å². The van der Waals surface area contributed by atoms with Crippen molar-refractivity contribution in [1.82, 2.24) is 0 Å². The lowest BCUT2D eigenvalue weighted by Crippen LogP contribution is -2.23. The second-order valence-corrected chi connectivity index (χ2v) is 4.68. The van der Waals surface area contributed by atoms with E-state index in [9.17, 15) is 9.59 Å². The highest BCUT2D eigenvalue weighted by Crippen LogP contribution is 2.22. The van der Waals surface area contributed by atoms with Gasteiger partial charge in [-0.3, -0.25) is 4.79 Å². The number of carboxylic acid groups (broad SMARTS) is 1. The molecule has 1 aliphatic heterocycles. The summed E-state index contributed by atoms with van der Waals surface area (Å²) in [5, 5.41) is 11.5. The number of hydrogen-bond donors (Lipinski definition) is 2. The fourth-order valence-electron chi connectivity index (χ4n) is 2.07. The van der Waals surface area contributed by atoms with Crippen LogP contribution in [-0.2, 0) is 14.3 Å². The van der Waals surface area contributed by atoms with Gasteiger partial charge in [0.2, 0.25) is 5.91 Å². The van der Waals surface area contributed by atoms with Crippen LogP contribution in [0.5, 0.6) is 5.75 Å². The summed E-state index contributed by atoms with van der Waals surface area (Å²) in [5.41, 5.74) is 0.658. The molecule has 2 atom stereocenters. The second kappa shape index (κ2) is 6.38. The lowest BCUT2D eigenvalue weighted by molar-refractivity contribution is -0.149. The highest BCUT2D eigenvalue weighted by molar-refractivity contribution is 5.88. The summed E-state index contributed by atoms with van der Waals surface area (Å²) < 4.78 is 10.9. The monoisotopic (exact) mass is 279 g/mol. The first-order valence-corrected chi connectivity index (χ1v) is 6.43. The number of benzene rings is 1. The van der Waals surface area contributed by atoms with Crippen LogP contribution in [-0.4, -0.2) is 35.8 Å². The Bertz CT molecular complexity index is 502. The van der Waals surface area contributed by atoms with Crippen molar-refractivity contribution in [1.29, 1.82) is 0 Å². The minimum atomic E-state index is -0.930. The first-order chi connectivity index (χ1) is 9.54. The van der Waals surface area contributed by atoms with Crippen LogP contribution in [0.25, 0.3) is 0 Å². The molecule has 6 nitrogen and oxygen atoms in total. The van der Waals surface area contributed by atoms with Crippen LogP contribution in [0.4, 0.5) is 5.69 Å². The standard InChI is InChI=1S/C14H17NO5/c1-9(16)15-10-3-2-4-11(7-10)19-8-12-5-6-13(20-12)14(17)18/h2-4,7,12-13H,5-6,8H2,1H3,(H,15,16)(H,17,18). The Kier molecular flexibility index (Phi) is 4.57. The van der Waals surface area contributed by atoms with E-state index < -0.39 is 12.1 Å². The zero-order valence-corrected chi connectivity index (χ0v) is 11.2. The molecule has 1 aromatic rings. The van der Waals surface area contributed by atoms with Crippen molar-refractivity contribution in [2.45, 2.75) is 32.0 Å². The average molecular weight is 279 g/mol. The van der Waals surface area contributed by atoms with Gasteiger partial charge in [-0.05, 0) is 25.0 Å². The maximum atomic E-state index is 11.0. The molecular weight excluding hydrogens is 262 g/mol. The molecule has 1 aromatic carbocycles. The third-order valence-electron chi connectivity index (χ3n) is 2.97. The molecule has 1 heterocycles. The number of ether oxygens (including phenoxy) is 2. The predicted molar refractivity (Wildman–Crippen MR) is 71.8 cm³/mol. The van der Waals surface area contributed by atoms with Crippen molar-refractivity contribution in [3.8, 4) is 5.75 Å². The molecule has 2 rings (SSSR count). The van der Waals surface area contributed by atoms with Gasteiger partial charge in [-0.25, -0.2) is 4.79 Å². The number of carbonyl (C=O) groups excluding carboxylic acids is 1. The van der Waals surface area contributed by atoms with Crippen molar-refractivity contribution >= 4 is 17.6 Å². The summed E-state index contributed by atoms with van der Waals surface area (Å²) in [7, 11) is 0. The van der Waals surface area contributed by atoms with Crippen LogP contribution in [0, 0.1) is 0 Å². The third-order valence-corrected chi connectivity index (χ3v) is 2.97. The van der Waals surface area contributed by atoms with Gasteiger partial charge in [0.05, 0.1) is 6.10 Å². The van der Waals surface area contributed by atoms with E-state index in [0.29, 0.717) is 30.9 Å². The number of hydrogen-bond acceptors (Lipinski definition) is 4. The Labute approximate surface area is 116 Å². The van der Waals surface area contributed by atoms with Crippen LogP contribution in [0.3, 0.4) is 0 Å². The summed E-state index contributed by atoms with van der Waals surface area (Å²) in [4.78, 5) is 21.7. The molecular formula is C14H17NO5. The van der Waals surface area contributed by atoms with Crippen molar-refractivity contribution in [2.24, 2.45) is 0 Å². The molecule has 108 valence electrons. The van der Waals surface area contributed by atoms with E-state index in [1.807, 2.05) is 0 Å². The van der Waals surface area contributed by atoms with Gasteiger partial charge in [-0.1, -0.05) is 6.07 Å². The minimum absolute atomic E-state index is 0.148. The first kappa shape index (κ1) is 14.3. The highest BCUT2D eigenvalue weighted by atomic mass is 16.6. The highest BCUT2D eigenvalue weighted by Gasteiger charge is 2.30. The summed E-state index contributed by atoms with van der Waals surface area (Å²) in [5.74, 6) is -0.468. The minimum Gasteiger partial charge on any atom is -0.491 e. The van der Waals surface area contributed by atoms with E-state index in [1.165, 1.54) is 6.92 Å². The largest absolute Gasteiger partial charge is 0.491 e. The second-order valence-electron chi connectivity index (χ2n) is 4.68. The summed E-state index contributed by atoms with van der Waals surface area (Å²) in [6.07, 6.45) is 0.243. The van der Waals surface area contributed by atoms with E-state index in [2.05, 4.69) is 5.32 Å². The van der Waals surface area contributed by atoms with E-state index in [0.717, 1.165) is 0 Å². The molecule has 0 bridgehead atoms. The maximum absolute atomic E-state index is 11.0. The van der Waals surface area contributed by atoms with Crippen LogP contribution in [0.15, 0.2) is 24.3 Å². The van der Waals surface area contributed by atoms with Gasteiger partial charge < -0.3 is 19.9 Å². The number of aliphatic carboxylic acids is 1. The Morgan fingerprint density at radius 2 is 2.25 bits per heavy atom. The Hall–Kier alpha value is -2.08. The number of amides is 1. The van der Waals surface area contributed by atoms with Crippen LogP contribution in [0.1, 0.15) is 19.8 Å². The maximum Gasteiger partial charge on any atom is 0.332 e. The van der Waals surface area contributed by atoms with Gasteiger partial charge in [0.25, 0.3) is 0 Å². The van der Waals surface area contributed by atoms with E-state index in [1.54, 1.807) is 24.3 Å². The number of nitrogens with one attached hydrogen (secondary N) is 1. The smallest absolute Gasteiger partial charge is 0.332 e. The number of rotatable bonds is 5. The molecule has 1 aliphatic rings. The normalized spacial score (nSPS) is 21.4. The van der Waals surface area contributed by atoms with Gasteiger partial charge in [-0.2, -0.15) is 0 Å². The third kappa shape index (κ3) is 3.96. The average Bonchev–Trinajstić information content (AvgIpc) is 2.85.